The van der Waals surface area contributed by atoms with Gasteiger partial charge < -0.3 is 9.84 Å². The van der Waals surface area contributed by atoms with Crippen LogP contribution in [-0.4, -0.2) is 47.3 Å². The molecule has 7 heteroatoms. The van der Waals surface area contributed by atoms with Crippen LogP contribution in [0.1, 0.15) is 6.92 Å². The SMILES string of the molecule is CCOC(=O)CN1C(=O)NC(=O)C1O. The molecule has 1 fully saturated rings. The predicted molar refractivity (Wildman–Crippen MR) is 42.9 cm³/mol. The summed E-state index contributed by atoms with van der Waals surface area (Å²) in [5, 5.41) is 11.0. The van der Waals surface area contributed by atoms with Crippen LogP contribution in [-0.2, 0) is 14.3 Å². The van der Waals surface area contributed by atoms with Crippen LogP contribution in [0.15, 0.2) is 0 Å². The quantitative estimate of drug-likeness (QED) is 0.425. The van der Waals surface area contributed by atoms with Crippen LogP contribution in [0.4, 0.5) is 4.79 Å². The lowest BCUT2D eigenvalue weighted by Crippen LogP contribution is -2.39. The van der Waals surface area contributed by atoms with E-state index in [1.54, 1.807) is 6.92 Å². The second kappa shape index (κ2) is 4.05. The molecule has 3 amide bonds. The van der Waals surface area contributed by atoms with Gasteiger partial charge in [0.25, 0.3) is 5.91 Å². The Morgan fingerprint density at radius 3 is 2.71 bits per heavy atom. The molecular formula is C7H10N2O5. The Hall–Kier alpha value is -1.63. The van der Waals surface area contributed by atoms with E-state index >= 15 is 0 Å². The first-order valence-electron chi connectivity index (χ1n) is 4.01. The monoisotopic (exact) mass is 202 g/mol. The number of amides is 3. The largest absolute Gasteiger partial charge is 0.465 e. The minimum absolute atomic E-state index is 0.179. The summed E-state index contributed by atoms with van der Waals surface area (Å²) in [4.78, 5) is 33.3. The van der Waals surface area contributed by atoms with E-state index < -0.39 is 30.7 Å². The lowest BCUT2D eigenvalue weighted by atomic mass is 10.5. The molecule has 0 radical (unpaired) electrons. The first-order chi connectivity index (χ1) is 6.56. The van der Waals surface area contributed by atoms with Crippen LogP contribution < -0.4 is 5.32 Å². The lowest BCUT2D eigenvalue weighted by molar-refractivity contribution is -0.146. The summed E-state index contributed by atoms with van der Waals surface area (Å²) in [5.41, 5.74) is 0. The average Bonchev–Trinajstić information content (AvgIpc) is 2.33. The third-order valence-electron chi connectivity index (χ3n) is 1.63. The molecule has 78 valence electrons. The van der Waals surface area contributed by atoms with Crippen molar-refractivity contribution in [3.63, 3.8) is 0 Å². The van der Waals surface area contributed by atoms with Gasteiger partial charge in [-0.05, 0) is 6.92 Å². The Balaban J connectivity index is 2.56. The van der Waals surface area contributed by atoms with Crippen LogP contribution in [0.25, 0.3) is 0 Å². The number of ether oxygens (including phenoxy) is 1. The number of nitrogens with one attached hydrogen (secondary N) is 1. The minimum Gasteiger partial charge on any atom is -0.465 e. The fourth-order valence-corrected chi connectivity index (χ4v) is 0.998. The van der Waals surface area contributed by atoms with Crippen molar-refractivity contribution in [1.29, 1.82) is 0 Å². The molecule has 0 aromatic heterocycles. The molecule has 14 heavy (non-hydrogen) atoms. The van der Waals surface area contributed by atoms with Gasteiger partial charge in [0.05, 0.1) is 6.61 Å². The number of hydrogen-bond acceptors (Lipinski definition) is 5. The smallest absolute Gasteiger partial charge is 0.327 e. The Labute approximate surface area is 79.6 Å². The highest BCUT2D eigenvalue weighted by atomic mass is 16.5. The van der Waals surface area contributed by atoms with Crippen molar-refractivity contribution in [2.75, 3.05) is 13.2 Å². The van der Waals surface area contributed by atoms with Crippen molar-refractivity contribution >= 4 is 17.9 Å². The van der Waals surface area contributed by atoms with E-state index in [0.29, 0.717) is 4.90 Å². The predicted octanol–water partition coefficient (Wildman–Crippen LogP) is -1.58. The van der Waals surface area contributed by atoms with Gasteiger partial charge in [-0.3, -0.25) is 19.8 Å². The number of hydrogen-bond donors (Lipinski definition) is 2. The summed E-state index contributed by atoms with van der Waals surface area (Å²) in [6, 6.07) is -0.796. The van der Waals surface area contributed by atoms with Gasteiger partial charge in [-0.15, -0.1) is 0 Å². The van der Waals surface area contributed by atoms with E-state index in [0.717, 1.165) is 0 Å². The summed E-state index contributed by atoms with van der Waals surface area (Å²) in [5.74, 6) is -1.50. The van der Waals surface area contributed by atoms with E-state index in [1.165, 1.54) is 0 Å². The molecule has 0 bridgehead atoms. The summed E-state index contributed by atoms with van der Waals surface area (Å²) >= 11 is 0. The fourth-order valence-electron chi connectivity index (χ4n) is 0.998. The number of nitrogens with zero attached hydrogens (tertiary/aromatic N) is 1. The van der Waals surface area contributed by atoms with E-state index in [9.17, 15) is 14.4 Å². The third-order valence-corrected chi connectivity index (χ3v) is 1.63. The van der Waals surface area contributed by atoms with Crippen molar-refractivity contribution in [3.8, 4) is 0 Å². The Bertz CT molecular complexity index is 277. The van der Waals surface area contributed by atoms with Gasteiger partial charge in [-0.2, -0.15) is 0 Å². The van der Waals surface area contributed by atoms with Crippen molar-refractivity contribution in [2.24, 2.45) is 0 Å². The summed E-state index contributed by atoms with van der Waals surface area (Å²) in [6.07, 6.45) is -1.60. The maximum absolute atomic E-state index is 11.0. The molecule has 0 spiro atoms. The summed E-state index contributed by atoms with van der Waals surface area (Å²) in [7, 11) is 0. The van der Waals surface area contributed by atoms with Crippen molar-refractivity contribution < 1.29 is 24.2 Å². The van der Waals surface area contributed by atoms with Gasteiger partial charge in [-0.1, -0.05) is 0 Å². The topological polar surface area (TPSA) is 95.9 Å². The van der Waals surface area contributed by atoms with Crippen LogP contribution >= 0.6 is 0 Å². The van der Waals surface area contributed by atoms with Gasteiger partial charge in [0.1, 0.15) is 6.54 Å². The average molecular weight is 202 g/mol. The van der Waals surface area contributed by atoms with Crippen LogP contribution in [0.2, 0.25) is 0 Å². The standard InChI is InChI=1S/C7H10N2O5/c1-2-14-4(10)3-9-6(12)5(11)8-7(9)13/h6,12H,2-3H2,1H3,(H,8,11,13). The zero-order valence-corrected chi connectivity index (χ0v) is 7.52. The number of aliphatic hydroxyl groups excluding tert-OH is 1. The highest BCUT2D eigenvalue weighted by molar-refractivity contribution is 6.04. The van der Waals surface area contributed by atoms with Crippen molar-refractivity contribution in [2.45, 2.75) is 13.2 Å². The number of rotatable bonds is 3. The Morgan fingerprint density at radius 2 is 2.29 bits per heavy atom. The molecule has 0 aromatic rings. The molecule has 0 aliphatic carbocycles. The molecule has 1 aliphatic heterocycles. The molecule has 1 heterocycles. The molecular weight excluding hydrogens is 192 g/mol. The van der Waals surface area contributed by atoms with E-state index in [1.807, 2.05) is 5.32 Å². The molecule has 1 rings (SSSR count). The zero-order valence-electron chi connectivity index (χ0n) is 7.52. The first-order valence-corrected chi connectivity index (χ1v) is 4.01. The molecule has 0 aromatic carbocycles. The third kappa shape index (κ3) is 1.99. The van der Waals surface area contributed by atoms with Crippen LogP contribution in [0.5, 0.6) is 0 Å². The zero-order chi connectivity index (χ0) is 10.7. The number of carbonyl (C=O) groups excluding carboxylic acids is 3. The van der Waals surface area contributed by atoms with E-state index in [-0.39, 0.29) is 6.61 Å². The molecule has 1 saturated heterocycles. The minimum atomic E-state index is -1.60. The van der Waals surface area contributed by atoms with Crippen molar-refractivity contribution in [3.05, 3.63) is 0 Å². The first kappa shape index (κ1) is 10.5. The van der Waals surface area contributed by atoms with E-state index in [2.05, 4.69) is 4.74 Å². The highest BCUT2D eigenvalue weighted by Gasteiger charge is 2.38. The summed E-state index contributed by atoms with van der Waals surface area (Å²) in [6.45, 7) is 1.36. The molecule has 1 aliphatic rings. The Kier molecular flexibility index (Phi) is 3.03. The highest BCUT2D eigenvalue weighted by Crippen LogP contribution is 2.05. The fraction of sp³-hybridized carbons (Fsp3) is 0.571. The van der Waals surface area contributed by atoms with Crippen molar-refractivity contribution in [1.82, 2.24) is 10.2 Å². The van der Waals surface area contributed by atoms with E-state index in [4.69, 9.17) is 5.11 Å². The second-order valence-electron chi connectivity index (χ2n) is 2.60. The number of aliphatic hydroxyl groups is 1. The number of imide groups is 1. The molecule has 2 N–H and O–H groups in total. The number of urea groups is 1. The molecule has 0 saturated carbocycles. The Morgan fingerprint density at radius 1 is 1.64 bits per heavy atom. The van der Waals surface area contributed by atoms with Gasteiger partial charge in [0.15, 0.2) is 0 Å². The maximum atomic E-state index is 11.0. The second-order valence-corrected chi connectivity index (χ2v) is 2.60. The normalized spacial score (nSPS) is 21.0. The molecule has 1 unspecified atom stereocenters. The molecule has 1 atom stereocenters. The van der Waals surface area contributed by atoms with Crippen LogP contribution in [0, 0.1) is 0 Å². The van der Waals surface area contributed by atoms with Gasteiger partial charge in [0, 0.05) is 0 Å². The van der Waals surface area contributed by atoms with Gasteiger partial charge >= 0.3 is 12.0 Å². The summed E-state index contributed by atoms with van der Waals surface area (Å²) < 4.78 is 4.55. The van der Waals surface area contributed by atoms with Gasteiger partial charge in [0.2, 0.25) is 6.23 Å². The van der Waals surface area contributed by atoms with Gasteiger partial charge in [-0.25, -0.2) is 4.79 Å². The lowest BCUT2D eigenvalue weighted by Gasteiger charge is -2.15. The number of esters is 1. The maximum Gasteiger partial charge on any atom is 0.327 e. The molecule has 7 nitrogen and oxygen atoms in total. The van der Waals surface area contributed by atoms with Crippen LogP contribution in [0.3, 0.4) is 0 Å². The number of carbonyl (C=O) groups is 3.